The average Bonchev–Trinajstić information content (AvgIpc) is 3.11. The standard InChI is InChI=1S/C18H17ClF2N4O3S/c1-29(26,27)9-8-25-14(15(20)21)10-13(23-25)16-22-17(24-28-16)18(6-7-18)11-4-2-3-5-12(11)19/h2-5,10,15H,6-9H2,1H3. The molecule has 0 unspecified atom stereocenters. The fraction of sp³-hybridized carbons (Fsp3) is 0.389. The summed E-state index contributed by atoms with van der Waals surface area (Å²) in [5.41, 5.74) is 0.101. The lowest BCUT2D eigenvalue weighted by Gasteiger charge is -2.12. The van der Waals surface area contributed by atoms with Crippen molar-refractivity contribution in [2.24, 2.45) is 0 Å². The van der Waals surface area contributed by atoms with Gasteiger partial charge in [0.25, 0.3) is 12.3 Å². The fourth-order valence-electron chi connectivity index (χ4n) is 3.25. The van der Waals surface area contributed by atoms with E-state index in [2.05, 4.69) is 15.2 Å². The van der Waals surface area contributed by atoms with E-state index in [1.54, 1.807) is 6.07 Å². The molecule has 1 aliphatic carbocycles. The molecule has 1 aromatic carbocycles. The maximum Gasteiger partial charge on any atom is 0.280 e. The second kappa shape index (κ2) is 7.17. The average molecular weight is 443 g/mol. The van der Waals surface area contributed by atoms with Gasteiger partial charge in [-0.2, -0.15) is 10.1 Å². The van der Waals surface area contributed by atoms with Crippen molar-refractivity contribution in [1.29, 1.82) is 0 Å². The zero-order chi connectivity index (χ0) is 20.8. The van der Waals surface area contributed by atoms with Crippen molar-refractivity contribution >= 4 is 21.4 Å². The van der Waals surface area contributed by atoms with Gasteiger partial charge in [-0.05, 0) is 30.5 Å². The van der Waals surface area contributed by atoms with Gasteiger partial charge < -0.3 is 4.52 Å². The Labute approximate surface area is 170 Å². The number of hydrogen-bond acceptors (Lipinski definition) is 6. The Kier molecular flexibility index (Phi) is 4.94. The predicted molar refractivity (Wildman–Crippen MR) is 102 cm³/mol. The summed E-state index contributed by atoms with van der Waals surface area (Å²) >= 11 is 6.32. The van der Waals surface area contributed by atoms with Crippen molar-refractivity contribution in [2.45, 2.75) is 31.2 Å². The Balaban J connectivity index is 1.66. The van der Waals surface area contributed by atoms with Gasteiger partial charge in [0.05, 0.1) is 17.7 Å². The molecule has 0 radical (unpaired) electrons. The predicted octanol–water partition coefficient (Wildman–Crippen LogP) is 3.65. The first-order chi connectivity index (χ1) is 13.7. The molecule has 1 aliphatic rings. The lowest BCUT2D eigenvalue weighted by atomic mass is 9.95. The molecule has 0 aliphatic heterocycles. The molecule has 7 nitrogen and oxygen atoms in total. The third-order valence-corrected chi connectivity index (χ3v) is 6.17. The zero-order valence-corrected chi connectivity index (χ0v) is 16.9. The lowest BCUT2D eigenvalue weighted by Crippen LogP contribution is -2.14. The van der Waals surface area contributed by atoms with Crippen LogP contribution < -0.4 is 0 Å². The topological polar surface area (TPSA) is 90.9 Å². The molecule has 2 heterocycles. The van der Waals surface area contributed by atoms with Crippen LogP contribution in [-0.4, -0.2) is 40.3 Å². The molecule has 3 aromatic rings. The maximum absolute atomic E-state index is 13.4. The summed E-state index contributed by atoms with van der Waals surface area (Å²) in [7, 11) is -3.33. The summed E-state index contributed by atoms with van der Waals surface area (Å²) in [5.74, 6) is 0.113. The Bertz CT molecular complexity index is 1160. The van der Waals surface area contributed by atoms with Crippen LogP contribution in [0, 0.1) is 0 Å². The second-order valence-electron chi connectivity index (χ2n) is 7.09. The van der Waals surface area contributed by atoms with Gasteiger partial charge in [-0.3, -0.25) is 4.68 Å². The molecule has 0 atom stereocenters. The summed E-state index contributed by atoms with van der Waals surface area (Å²) in [6, 6.07) is 8.54. The number of aryl methyl sites for hydroxylation is 1. The molecule has 29 heavy (non-hydrogen) atoms. The molecule has 154 valence electrons. The van der Waals surface area contributed by atoms with Crippen LogP contribution >= 0.6 is 11.6 Å². The molecular formula is C18H17ClF2N4O3S. The summed E-state index contributed by atoms with van der Waals surface area (Å²) in [4.78, 5) is 4.38. The molecule has 11 heteroatoms. The van der Waals surface area contributed by atoms with E-state index in [-0.39, 0.29) is 23.9 Å². The largest absolute Gasteiger partial charge is 0.332 e. The van der Waals surface area contributed by atoms with E-state index in [9.17, 15) is 17.2 Å². The monoisotopic (exact) mass is 442 g/mol. The van der Waals surface area contributed by atoms with Crippen molar-refractivity contribution in [3.05, 3.63) is 52.4 Å². The lowest BCUT2D eigenvalue weighted by molar-refractivity contribution is 0.139. The first-order valence-electron chi connectivity index (χ1n) is 8.83. The first kappa shape index (κ1) is 20.0. The minimum Gasteiger partial charge on any atom is -0.332 e. The third-order valence-electron chi connectivity index (χ3n) is 4.92. The van der Waals surface area contributed by atoms with Gasteiger partial charge in [0.15, 0.2) is 11.5 Å². The minimum atomic E-state index is -3.33. The molecule has 0 saturated heterocycles. The van der Waals surface area contributed by atoms with Crippen LogP contribution in [0.2, 0.25) is 5.02 Å². The maximum atomic E-state index is 13.4. The van der Waals surface area contributed by atoms with Gasteiger partial charge in [0, 0.05) is 11.3 Å². The molecular weight excluding hydrogens is 426 g/mol. The fourth-order valence-corrected chi connectivity index (χ4v) is 4.07. The SMILES string of the molecule is CS(=O)(=O)CCn1nc(-c2nc(C3(c4ccccc4Cl)CC3)no2)cc1C(F)F. The zero-order valence-electron chi connectivity index (χ0n) is 15.3. The van der Waals surface area contributed by atoms with Gasteiger partial charge in [0.2, 0.25) is 0 Å². The van der Waals surface area contributed by atoms with Gasteiger partial charge in [-0.1, -0.05) is 35.0 Å². The number of sulfone groups is 1. The second-order valence-corrected chi connectivity index (χ2v) is 9.76. The quantitative estimate of drug-likeness (QED) is 0.554. The summed E-state index contributed by atoms with van der Waals surface area (Å²) in [6.07, 6.45) is -0.203. The Hall–Kier alpha value is -2.33. The van der Waals surface area contributed by atoms with Gasteiger partial charge in [-0.25, -0.2) is 17.2 Å². The van der Waals surface area contributed by atoms with Gasteiger partial charge in [0.1, 0.15) is 15.5 Å². The van der Waals surface area contributed by atoms with Crippen molar-refractivity contribution in [3.63, 3.8) is 0 Å². The van der Waals surface area contributed by atoms with E-state index in [4.69, 9.17) is 16.1 Å². The van der Waals surface area contributed by atoms with E-state index in [1.807, 2.05) is 18.2 Å². The summed E-state index contributed by atoms with van der Waals surface area (Å²) in [6.45, 7) is -0.191. The smallest absolute Gasteiger partial charge is 0.280 e. The highest BCUT2D eigenvalue weighted by atomic mass is 35.5. The molecule has 1 fully saturated rings. The number of hydrogen-bond donors (Lipinski definition) is 0. The van der Waals surface area contributed by atoms with E-state index in [0.717, 1.165) is 35.4 Å². The normalized spacial score (nSPS) is 15.8. The summed E-state index contributed by atoms with van der Waals surface area (Å²) < 4.78 is 55.7. The minimum absolute atomic E-state index is 0.00154. The van der Waals surface area contributed by atoms with Crippen LogP contribution in [0.5, 0.6) is 0 Å². The summed E-state index contributed by atoms with van der Waals surface area (Å²) in [5, 5.41) is 8.70. The molecule has 2 aromatic heterocycles. The number of rotatable bonds is 7. The Morgan fingerprint density at radius 3 is 2.66 bits per heavy atom. The van der Waals surface area contributed by atoms with Crippen molar-refractivity contribution in [1.82, 2.24) is 19.9 Å². The van der Waals surface area contributed by atoms with Crippen molar-refractivity contribution in [3.8, 4) is 11.6 Å². The number of halogens is 3. The Morgan fingerprint density at radius 1 is 1.31 bits per heavy atom. The van der Waals surface area contributed by atoms with Gasteiger partial charge >= 0.3 is 0 Å². The van der Waals surface area contributed by atoms with Crippen LogP contribution in [0.1, 0.15) is 36.3 Å². The highest BCUT2D eigenvalue weighted by molar-refractivity contribution is 7.90. The molecule has 1 saturated carbocycles. The highest BCUT2D eigenvalue weighted by Gasteiger charge is 2.51. The van der Waals surface area contributed by atoms with Crippen LogP contribution in [0.4, 0.5) is 8.78 Å². The number of nitrogens with zero attached hydrogens (tertiary/aromatic N) is 4. The number of alkyl halides is 2. The van der Waals surface area contributed by atoms with E-state index in [0.29, 0.717) is 10.8 Å². The van der Waals surface area contributed by atoms with Crippen LogP contribution in [-0.2, 0) is 21.8 Å². The van der Waals surface area contributed by atoms with E-state index < -0.39 is 27.4 Å². The Morgan fingerprint density at radius 2 is 2.03 bits per heavy atom. The highest BCUT2D eigenvalue weighted by Crippen LogP contribution is 2.54. The van der Waals surface area contributed by atoms with Crippen molar-refractivity contribution in [2.75, 3.05) is 12.0 Å². The van der Waals surface area contributed by atoms with Crippen LogP contribution in [0.15, 0.2) is 34.9 Å². The molecule has 0 spiro atoms. The number of benzene rings is 1. The van der Waals surface area contributed by atoms with E-state index in [1.165, 1.54) is 0 Å². The number of aromatic nitrogens is 4. The van der Waals surface area contributed by atoms with Crippen molar-refractivity contribution < 1.29 is 21.7 Å². The molecule has 0 N–H and O–H groups in total. The molecule has 0 bridgehead atoms. The van der Waals surface area contributed by atoms with Crippen LogP contribution in [0.3, 0.4) is 0 Å². The van der Waals surface area contributed by atoms with E-state index >= 15 is 0 Å². The van der Waals surface area contributed by atoms with Gasteiger partial charge in [-0.15, -0.1) is 0 Å². The van der Waals surface area contributed by atoms with Crippen LogP contribution in [0.25, 0.3) is 11.6 Å². The third kappa shape index (κ3) is 3.91. The molecule has 0 amide bonds. The molecule has 4 rings (SSSR count). The first-order valence-corrected chi connectivity index (χ1v) is 11.3.